The van der Waals surface area contributed by atoms with E-state index in [4.69, 9.17) is 21.7 Å². The Labute approximate surface area is 220 Å². The van der Waals surface area contributed by atoms with E-state index in [1.165, 1.54) is 0 Å². The molecule has 0 saturated carbocycles. The van der Waals surface area contributed by atoms with Crippen molar-refractivity contribution in [3.63, 3.8) is 0 Å². The molecule has 4 aromatic carbocycles. The van der Waals surface area contributed by atoms with Crippen molar-refractivity contribution in [2.45, 2.75) is 31.3 Å². The summed E-state index contributed by atoms with van der Waals surface area (Å²) in [6.45, 7) is 0. The average molecular weight is 514 g/mol. The van der Waals surface area contributed by atoms with Crippen molar-refractivity contribution in [2.24, 2.45) is 11.5 Å². The smallest absolute Gasteiger partial charge is 0.326 e. The van der Waals surface area contributed by atoms with Crippen molar-refractivity contribution in [1.82, 2.24) is 0 Å². The van der Waals surface area contributed by atoms with Crippen LogP contribution in [0.4, 0.5) is 5.69 Å². The number of carboxylic acids is 2. The van der Waals surface area contributed by atoms with Crippen molar-refractivity contribution in [3.05, 3.63) is 103 Å². The second kappa shape index (κ2) is 13.6. The molecule has 1 amide bonds. The standard InChI is InChI=1S/C15H16N2O3.C15H15NO2/c16-14(18)8-7-13(15(19)20)17-12-6-5-10-3-1-2-4-11(10)9-12;16-14(15(17)18)10-11-6-8-13(9-7-11)12-4-2-1-3-5-12/h1-6,9,13,17H,7-8H2,(H2,16,18)(H,19,20);1-9,14H,10,16H2,(H,17,18). The summed E-state index contributed by atoms with van der Waals surface area (Å²) >= 11 is 0. The van der Waals surface area contributed by atoms with Crippen LogP contribution in [0.5, 0.6) is 0 Å². The van der Waals surface area contributed by atoms with Crippen LogP contribution in [0.2, 0.25) is 0 Å². The molecular weight excluding hydrogens is 482 g/mol. The Morgan fingerprint density at radius 1 is 0.737 bits per heavy atom. The van der Waals surface area contributed by atoms with E-state index in [0.29, 0.717) is 12.1 Å². The number of nitrogens with two attached hydrogens (primary N) is 2. The number of carboxylic acid groups (broad SMARTS) is 2. The highest BCUT2D eigenvalue weighted by Crippen LogP contribution is 2.21. The molecule has 0 aromatic heterocycles. The maximum Gasteiger partial charge on any atom is 0.326 e. The molecule has 38 heavy (non-hydrogen) atoms. The Morgan fingerprint density at radius 3 is 1.95 bits per heavy atom. The minimum atomic E-state index is -1.00. The lowest BCUT2D eigenvalue weighted by atomic mass is 10.0. The van der Waals surface area contributed by atoms with Crippen LogP contribution in [-0.2, 0) is 20.8 Å². The number of rotatable bonds is 10. The molecule has 7 N–H and O–H groups in total. The molecule has 4 rings (SSSR count). The number of carbonyl (C=O) groups is 3. The highest BCUT2D eigenvalue weighted by Gasteiger charge is 2.18. The van der Waals surface area contributed by atoms with Crippen LogP contribution in [0.1, 0.15) is 18.4 Å². The van der Waals surface area contributed by atoms with Crippen LogP contribution in [-0.4, -0.2) is 40.1 Å². The summed E-state index contributed by atoms with van der Waals surface area (Å²) in [4.78, 5) is 32.6. The molecular formula is C30H31N3O5. The molecule has 4 aromatic rings. The van der Waals surface area contributed by atoms with Gasteiger partial charge in [0, 0.05) is 12.1 Å². The zero-order chi connectivity index (χ0) is 27.5. The molecule has 196 valence electrons. The third-order valence-electron chi connectivity index (χ3n) is 5.90. The minimum Gasteiger partial charge on any atom is -0.480 e. The van der Waals surface area contributed by atoms with E-state index in [1.54, 1.807) is 0 Å². The number of aliphatic carboxylic acids is 2. The highest BCUT2D eigenvalue weighted by molar-refractivity contribution is 5.87. The van der Waals surface area contributed by atoms with Gasteiger partial charge in [-0.15, -0.1) is 0 Å². The van der Waals surface area contributed by atoms with Gasteiger partial charge >= 0.3 is 11.9 Å². The van der Waals surface area contributed by atoms with E-state index in [1.807, 2.05) is 97.1 Å². The van der Waals surface area contributed by atoms with Gasteiger partial charge in [-0.25, -0.2) is 4.79 Å². The zero-order valence-electron chi connectivity index (χ0n) is 20.8. The number of hydrogen-bond acceptors (Lipinski definition) is 5. The van der Waals surface area contributed by atoms with Gasteiger partial charge in [0.25, 0.3) is 0 Å². The van der Waals surface area contributed by atoms with Crippen molar-refractivity contribution in [3.8, 4) is 11.1 Å². The maximum absolute atomic E-state index is 11.2. The molecule has 2 atom stereocenters. The van der Waals surface area contributed by atoms with Gasteiger partial charge < -0.3 is 27.0 Å². The zero-order valence-corrected chi connectivity index (χ0v) is 20.8. The molecule has 0 bridgehead atoms. The van der Waals surface area contributed by atoms with E-state index >= 15 is 0 Å². The first-order chi connectivity index (χ1) is 18.2. The van der Waals surface area contributed by atoms with Crippen LogP contribution in [0.3, 0.4) is 0 Å². The summed E-state index contributed by atoms with van der Waals surface area (Å²) in [5.41, 5.74) is 14.4. The summed E-state index contributed by atoms with van der Waals surface area (Å²) in [5.74, 6) is -2.47. The molecule has 8 heteroatoms. The molecule has 0 aliphatic rings. The summed E-state index contributed by atoms with van der Waals surface area (Å²) in [6.07, 6.45) is 0.555. The lowest BCUT2D eigenvalue weighted by Gasteiger charge is -2.15. The first kappa shape index (κ1) is 27.9. The fraction of sp³-hybridized carbons (Fsp3) is 0.167. The van der Waals surface area contributed by atoms with Crippen LogP contribution >= 0.6 is 0 Å². The maximum atomic E-state index is 11.2. The number of nitrogens with one attached hydrogen (secondary N) is 1. The quantitative estimate of drug-likeness (QED) is 0.212. The van der Waals surface area contributed by atoms with Crippen LogP contribution in [0.25, 0.3) is 21.9 Å². The van der Waals surface area contributed by atoms with E-state index in [9.17, 15) is 14.4 Å². The number of amides is 1. The summed E-state index contributed by atoms with van der Waals surface area (Å²) in [7, 11) is 0. The molecule has 0 heterocycles. The topological polar surface area (TPSA) is 156 Å². The number of hydrogen-bond donors (Lipinski definition) is 5. The fourth-order valence-corrected chi connectivity index (χ4v) is 3.83. The number of carbonyl (C=O) groups excluding carboxylic acids is 1. The Morgan fingerprint density at radius 2 is 1.34 bits per heavy atom. The number of primary amides is 1. The lowest BCUT2D eigenvalue weighted by Crippen LogP contribution is -2.32. The predicted molar refractivity (Wildman–Crippen MR) is 149 cm³/mol. The van der Waals surface area contributed by atoms with Gasteiger partial charge in [-0.05, 0) is 52.4 Å². The minimum absolute atomic E-state index is 0.0392. The molecule has 0 spiro atoms. The van der Waals surface area contributed by atoms with Gasteiger partial charge in [0.15, 0.2) is 0 Å². The second-order valence-corrected chi connectivity index (χ2v) is 8.81. The van der Waals surface area contributed by atoms with Crippen molar-refractivity contribution >= 4 is 34.3 Å². The fourth-order valence-electron chi connectivity index (χ4n) is 3.83. The van der Waals surface area contributed by atoms with Crippen molar-refractivity contribution < 1.29 is 24.6 Å². The molecule has 2 unspecified atom stereocenters. The Balaban J connectivity index is 0.000000212. The lowest BCUT2D eigenvalue weighted by molar-refractivity contribution is -0.139. The van der Waals surface area contributed by atoms with E-state index in [0.717, 1.165) is 27.5 Å². The largest absolute Gasteiger partial charge is 0.480 e. The highest BCUT2D eigenvalue weighted by atomic mass is 16.4. The normalized spacial score (nSPS) is 12.0. The van der Waals surface area contributed by atoms with Gasteiger partial charge in [-0.3, -0.25) is 9.59 Å². The molecule has 0 saturated heterocycles. The molecule has 0 fully saturated rings. The van der Waals surface area contributed by atoms with Gasteiger partial charge in [-0.2, -0.15) is 0 Å². The number of fused-ring (bicyclic) bond motifs is 1. The molecule has 0 aliphatic heterocycles. The van der Waals surface area contributed by atoms with E-state index in [-0.39, 0.29) is 12.8 Å². The monoisotopic (exact) mass is 513 g/mol. The third kappa shape index (κ3) is 8.46. The van der Waals surface area contributed by atoms with Crippen molar-refractivity contribution in [1.29, 1.82) is 0 Å². The van der Waals surface area contributed by atoms with Crippen LogP contribution in [0.15, 0.2) is 97.1 Å². The molecule has 8 nitrogen and oxygen atoms in total. The molecule has 0 radical (unpaired) electrons. The summed E-state index contributed by atoms with van der Waals surface area (Å²) in [5, 5.41) is 22.9. The van der Waals surface area contributed by atoms with Gasteiger partial charge in [0.1, 0.15) is 12.1 Å². The predicted octanol–water partition coefficient (Wildman–Crippen LogP) is 4.28. The average Bonchev–Trinajstić information content (AvgIpc) is 2.92. The Kier molecular flexibility index (Phi) is 9.96. The second-order valence-electron chi connectivity index (χ2n) is 8.81. The van der Waals surface area contributed by atoms with Crippen LogP contribution < -0.4 is 16.8 Å². The van der Waals surface area contributed by atoms with Gasteiger partial charge in [-0.1, -0.05) is 84.9 Å². The van der Waals surface area contributed by atoms with Gasteiger partial charge in [0.05, 0.1) is 0 Å². The van der Waals surface area contributed by atoms with Crippen molar-refractivity contribution in [2.75, 3.05) is 5.32 Å². The van der Waals surface area contributed by atoms with E-state index in [2.05, 4.69) is 5.32 Å². The Bertz CT molecular complexity index is 1370. The van der Waals surface area contributed by atoms with Crippen LogP contribution in [0, 0.1) is 0 Å². The third-order valence-corrected chi connectivity index (χ3v) is 5.90. The number of benzene rings is 4. The van der Waals surface area contributed by atoms with Gasteiger partial charge in [0.2, 0.25) is 5.91 Å². The summed E-state index contributed by atoms with van der Waals surface area (Å²) < 4.78 is 0. The summed E-state index contributed by atoms with van der Waals surface area (Å²) in [6, 6.07) is 29.6. The van der Waals surface area contributed by atoms with E-state index < -0.39 is 29.9 Å². The molecule has 0 aliphatic carbocycles. The Hall–Kier alpha value is -4.69. The SMILES string of the molecule is NC(=O)CCC(Nc1ccc2ccccc2c1)C(=O)O.NC(Cc1ccc(-c2ccccc2)cc1)C(=O)O. The number of anilines is 1. The first-order valence-electron chi connectivity index (χ1n) is 12.1. The first-order valence-corrected chi connectivity index (χ1v) is 12.1.